The summed E-state index contributed by atoms with van der Waals surface area (Å²) in [5.74, 6) is 0. The molecule has 0 saturated carbocycles. The van der Waals surface area contributed by atoms with E-state index in [2.05, 4.69) is 17.3 Å². The zero-order chi connectivity index (χ0) is 8.27. The van der Waals surface area contributed by atoms with Crippen LogP contribution in [0.2, 0.25) is 0 Å². The molecular formula is C8H18N2O. The highest BCUT2D eigenvalue weighted by atomic mass is 16.5. The molecule has 1 N–H and O–H groups in total. The van der Waals surface area contributed by atoms with Crippen LogP contribution in [0.25, 0.3) is 0 Å². The normalized spacial score (nSPS) is 33.0. The Hall–Kier alpha value is -0.120. The largest absolute Gasteiger partial charge is 0.383 e. The fourth-order valence-corrected chi connectivity index (χ4v) is 1.68. The van der Waals surface area contributed by atoms with E-state index in [0.717, 1.165) is 13.2 Å². The third-order valence-electron chi connectivity index (χ3n) is 2.46. The maximum Gasteiger partial charge on any atom is 0.0618 e. The predicted octanol–water partition coefficient (Wildman–Crippen LogP) is -0.0751. The van der Waals surface area contributed by atoms with Gasteiger partial charge in [-0.1, -0.05) is 0 Å². The number of ether oxygens (including phenoxy) is 1. The van der Waals surface area contributed by atoms with Gasteiger partial charge in [-0.15, -0.1) is 0 Å². The Morgan fingerprint density at radius 1 is 1.64 bits per heavy atom. The fourth-order valence-electron chi connectivity index (χ4n) is 1.68. The first-order valence-corrected chi connectivity index (χ1v) is 4.14. The summed E-state index contributed by atoms with van der Waals surface area (Å²) in [7, 11) is 5.94. The summed E-state index contributed by atoms with van der Waals surface area (Å²) in [5, 5.41) is 3.29. The Morgan fingerprint density at radius 3 is 2.82 bits per heavy atom. The Labute approximate surface area is 68.7 Å². The molecule has 1 heterocycles. The first-order valence-electron chi connectivity index (χ1n) is 4.14. The number of nitrogens with one attached hydrogen (secondary N) is 1. The predicted molar refractivity (Wildman–Crippen MR) is 45.8 cm³/mol. The van der Waals surface area contributed by atoms with Gasteiger partial charge in [0.2, 0.25) is 0 Å². The van der Waals surface area contributed by atoms with E-state index >= 15 is 0 Å². The first-order chi connectivity index (χ1) is 5.27. The molecule has 1 saturated heterocycles. The summed E-state index contributed by atoms with van der Waals surface area (Å²) in [6, 6.07) is 1.26. The van der Waals surface area contributed by atoms with Crippen LogP contribution >= 0.6 is 0 Å². The van der Waals surface area contributed by atoms with Gasteiger partial charge in [0, 0.05) is 25.7 Å². The topological polar surface area (TPSA) is 24.5 Å². The Bertz CT molecular complexity index is 119. The molecule has 3 heteroatoms. The minimum Gasteiger partial charge on any atom is -0.383 e. The molecule has 0 aromatic heterocycles. The molecule has 0 aliphatic carbocycles. The van der Waals surface area contributed by atoms with Crippen molar-refractivity contribution in [3.05, 3.63) is 0 Å². The molecule has 0 aromatic rings. The molecule has 2 atom stereocenters. The SMILES string of the molecule is CNC1C[C@@H](COC)N(C)C1. The van der Waals surface area contributed by atoms with E-state index in [-0.39, 0.29) is 0 Å². The monoisotopic (exact) mass is 158 g/mol. The van der Waals surface area contributed by atoms with Gasteiger partial charge >= 0.3 is 0 Å². The lowest BCUT2D eigenvalue weighted by Crippen LogP contribution is -2.29. The van der Waals surface area contributed by atoms with E-state index in [1.54, 1.807) is 7.11 Å². The molecule has 0 spiro atoms. The fraction of sp³-hybridized carbons (Fsp3) is 1.00. The van der Waals surface area contributed by atoms with Crippen molar-refractivity contribution in [3.8, 4) is 0 Å². The van der Waals surface area contributed by atoms with Gasteiger partial charge in [0.1, 0.15) is 0 Å². The third-order valence-corrected chi connectivity index (χ3v) is 2.46. The number of hydrogen-bond acceptors (Lipinski definition) is 3. The van der Waals surface area contributed by atoms with Crippen molar-refractivity contribution in [1.82, 2.24) is 10.2 Å². The molecule has 1 unspecified atom stereocenters. The second-order valence-electron chi connectivity index (χ2n) is 3.27. The van der Waals surface area contributed by atoms with Gasteiger partial charge in [-0.25, -0.2) is 0 Å². The molecule has 1 fully saturated rings. The Kier molecular flexibility index (Phi) is 3.30. The summed E-state index contributed by atoms with van der Waals surface area (Å²) in [6.45, 7) is 2.00. The van der Waals surface area contributed by atoms with Crippen LogP contribution in [-0.4, -0.2) is 51.3 Å². The van der Waals surface area contributed by atoms with E-state index < -0.39 is 0 Å². The highest BCUT2D eigenvalue weighted by Gasteiger charge is 2.27. The average molecular weight is 158 g/mol. The standard InChI is InChI=1S/C8H18N2O/c1-9-7-4-8(6-11-3)10(2)5-7/h7-9H,4-6H2,1-3H3/t7?,8-/m0/s1. The molecule has 11 heavy (non-hydrogen) atoms. The molecule has 1 aliphatic heterocycles. The van der Waals surface area contributed by atoms with Gasteiger partial charge in [0.25, 0.3) is 0 Å². The number of nitrogens with zero attached hydrogens (tertiary/aromatic N) is 1. The van der Waals surface area contributed by atoms with E-state index in [1.807, 2.05) is 7.05 Å². The lowest BCUT2D eigenvalue weighted by molar-refractivity contribution is 0.129. The van der Waals surface area contributed by atoms with Crippen molar-refractivity contribution >= 4 is 0 Å². The number of likely N-dealkylation sites (N-methyl/N-ethyl adjacent to an activating group) is 2. The van der Waals surface area contributed by atoms with Crippen molar-refractivity contribution in [2.24, 2.45) is 0 Å². The van der Waals surface area contributed by atoms with Crippen LogP contribution in [0.4, 0.5) is 0 Å². The van der Waals surface area contributed by atoms with Crippen LogP contribution in [0.1, 0.15) is 6.42 Å². The zero-order valence-electron chi connectivity index (χ0n) is 7.63. The number of rotatable bonds is 3. The van der Waals surface area contributed by atoms with Gasteiger partial charge < -0.3 is 10.1 Å². The minimum atomic E-state index is 0.609. The van der Waals surface area contributed by atoms with E-state index in [1.165, 1.54) is 6.42 Å². The molecule has 0 amide bonds. The maximum atomic E-state index is 5.12. The van der Waals surface area contributed by atoms with E-state index in [4.69, 9.17) is 4.74 Å². The average Bonchev–Trinajstić information content (AvgIpc) is 2.33. The third kappa shape index (κ3) is 2.15. The van der Waals surface area contributed by atoms with Crippen LogP contribution < -0.4 is 5.32 Å². The summed E-state index contributed by atoms with van der Waals surface area (Å²) < 4.78 is 5.12. The second kappa shape index (κ2) is 4.04. The molecule has 0 aromatic carbocycles. The molecule has 66 valence electrons. The van der Waals surface area contributed by atoms with Gasteiger partial charge in [0.05, 0.1) is 6.61 Å². The van der Waals surface area contributed by atoms with Gasteiger partial charge in [-0.3, -0.25) is 4.90 Å². The smallest absolute Gasteiger partial charge is 0.0618 e. The van der Waals surface area contributed by atoms with Crippen LogP contribution in [-0.2, 0) is 4.74 Å². The van der Waals surface area contributed by atoms with E-state index in [0.29, 0.717) is 12.1 Å². The van der Waals surface area contributed by atoms with Gasteiger partial charge in [-0.2, -0.15) is 0 Å². The highest BCUT2D eigenvalue weighted by molar-refractivity contribution is 4.86. The van der Waals surface area contributed by atoms with Crippen molar-refractivity contribution < 1.29 is 4.74 Å². The highest BCUT2D eigenvalue weighted by Crippen LogP contribution is 2.15. The number of likely N-dealkylation sites (tertiary alicyclic amines) is 1. The van der Waals surface area contributed by atoms with Crippen molar-refractivity contribution in [2.75, 3.05) is 34.4 Å². The summed E-state index contributed by atoms with van der Waals surface area (Å²) in [4.78, 5) is 2.35. The molecule has 1 rings (SSSR count). The molecule has 1 aliphatic rings. The summed E-state index contributed by atoms with van der Waals surface area (Å²) in [6.07, 6.45) is 1.21. The zero-order valence-corrected chi connectivity index (χ0v) is 7.63. The quantitative estimate of drug-likeness (QED) is 0.622. The van der Waals surface area contributed by atoms with Crippen molar-refractivity contribution in [1.29, 1.82) is 0 Å². The van der Waals surface area contributed by atoms with Gasteiger partial charge in [0.15, 0.2) is 0 Å². The Morgan fingerprint density at radius 2 is 2.36 bits per heavy atom. The van der Waals surface area contributed by atoms with Crippen LogP contribution in [0, 0.1) is 0 Å². The number of methoxy groups -OCH3 is 1. The van der Waals surface area contributed by atoms with Crippen molar-refractivity contribution in [2.45, 2.75) is 18.5 Å². The minimum absolute atomic E-state index is 0.609. The lowest BCUT2D eigenvalue weighted by Gasteiger charge is -2.17. The number of hydrogen-bond donors (Lipinski definition) is 1. The van der Waals surface area contributed by atoms with Crippen molar-refractivity contribution in [3.63, 3.8) is 0 Å². The summed E-state index contributed by atoms with van der Waals surface area (Å²) >= 11 is 0. The molecule has 3 nitrogen and oxygen atoms in total. The Balaban J connectivity index is 2.32. The molecular weight excluding hydrogens is 140 g/mol. The van der Waals surface area contributed by atoms with E-state index in [9.17, 15) is 0 Å². The molecule has 0 bridgehead atoms. The lowest BCUT2D eigenvalue weighted by atomic mass is 10.2. The maximum absolute atomic E-state index is 5.12. The first kappa shape index (κ1) is 8.97. The molecule has 0 radical (unpaired) electrons. The van der Waals surface area contributed by atoms with Gasteiger partial charge in [-0.05, 0) is 20.5 Å². The van der Waals surface area contributed by atoms with Crippen LogP contribution in [0.15, 0.2) is 0 Å². The second-order valence-corrected chi connectivity index (χ2v) is 3.27. The summed E-state index contributed by atoms with van der Waals surface area (Å²) in [5.41, 5.74) is 0. The van der Waals surface area contributed by atoms with Crippen LogP contribution in [0.3, 0.4) is 0 Å². The van der Waals surface area contributed by atoms with Crippen LogP contribution in [0.5, 0.6) is 0 Å².